The Hall–Kier alpha value is -5.01. The number of nitrogens with zero attached hydrogens (tertiary/aromatic N) is 4. The van der Waals surface area contributed by atoms with Gasteiger partial charge in [-0.3, -0.25) is 19.9 Å². The normalized spacial score (nSPS) is 16.0. The Morgan fingerprint density at radius 2 is 1.89 bits per heavy atom. The average Bonchev–Trinajstić information content (AvgIpc) is 3.51. The van der Waals surface area contributed by atoms with Crippen LogP contribution in [0, 0.1) is 24.0 Å². The van der Waals surface area contributed by atoms with Gasteiger partial charge in [-0.1, -0.05) is 6.07 Å². The highest BCUT2D eigenvalue weighted by Gasteiger charge is 2.42. The van der Waals surface area contributed by atoms with Crippen LogP contribution in [0.4, 0.5) is 17.1 Å². The van der Waals surface area contributed by atoms with Gasteiger partial charge in [-0.25, -0.2) is 0 Å². The smallest absolute Gasteiger partial charge is 0.296 e. The minimum atomic E-state index is -0.414. The predicted molar refractivity (Wildman–Crippen MR) is 170 cm³/mol. The lowest BCUT2D eigenvalue weighted by Gasteiger charge is -2.29. The van der Waals surface area contributed by atoms with E-state index in [1.165, 1.54) is 27.4 Å². The van der Waals surface area contributed by atoms with E-state index in [-0.39, 0.29) is 24.2 Å². The van der Waals surface area contributed by atoms with Crippen LogP contribution in [-0.4, -0.2) is 53.4 Å². The summed E-state index contributed by atoms with van der Waals surface area (Å²) in [5.41, 5.74) is 4.72. The molecule has 1 fully saturated rings. The Morgan fingerprint density at radius 1 is 1.09 bits per heavy atom. The molecule has 1 saturated heterocycles. The zero-order valence-electron chi connectivity index (χ0n) is 24.9. The number of amides is 1. The fourth-order valence-corrected chi connectivity index (χ4v) is 5.98. The molecule has 2 N–H and O–H groups in total. The molecule has 2 atom stereocenters. The number of hydrogen-bond acceptors (Lipinski definition) is 8. The summed E-state index contributed by atoms with van der Waals surface area (Å²) in [6.07, 6.45) is 1.72. The Kier molecular flexibility index (Phi) is 8.78. The van der Waals surface area contributed by atoms with Crippen molar-refractivity contribution >= 4 is 40.3 Å². The number of benzene rings is 2. The maximum Gasteiger partial charge on any atom is 0.296 e. The number of rotatable bonds is 10. The Balaban J connectivity index is 1.68. The maximum absolute atomic E-state index is 12.4. The number of methoxy groups -OCH3 is 3. The van der Waals surface area contributed by atoms with Crippen LogP contribution < -0.4 is 25.0 Å². The first kappa shape index (κ1) is 30.4. The van der Waals surface area contributed by atoms with Crippen molar-refractivity contribution in [3.05, 3.63) is 99.6 Å². The Labute approximate surface area is 259 Å². The second-order valence-electron chi connectivity index (χ2n) is 10.1. The van der Waals surface area contributed by atoms with Crippen LogP contribution in [0.1, 0.15) is 34.7 Å². The monoisotopic (exact) mass is 616 g/mol. The third-order valence-electron chi connectivity index (χ3n) is 7.52. The quantitative estimate of drug-likeness (QED) is 0.140. The van der Waals surface area contributed by atoms with Gasteiger partial charge in [-0.05, 0) is 80.2 Å². The second-order valence-corrected chi connectivity index (χ2v) is 10.5. The van der Waals surface area contributed by atoms with Crippen LogP contribution in [0.5, 0.6) is 11.5 Å². The van der Waals surface area contributed by atoms with E-state index in [9.17, 15) is 14.9 Å². The highest BCUT2D eigenvalue weighted by atomic mass is 32.1. The largest absolute Gasteiger partial charge is 0.496 e. The molecule has 2 unspecified atom stereocenters. The molecule has 0 saturated carbocycles. The van der Waals surface area contributed by atoms with E-state index in [2.05, 4.69) is 15.6 Å². The van der Waals surface area contributed by atoms with E-state index in [1.54, 1.807) is 30.5 Å². The summed E-state index contributed by atoms with van der Waals surface area (Å²) in [4.78, 5) is 30.7. The minimum Gasteiger partial charge on any atom is -0.496 e. The van der Waals surface area contributed by atoms with Gasteiger partial charge in [0.2, 0.25) is 5.91 Å². The molecule has 0 spiro atoms. The molecule has 2 aromatic heterocycles. The van der Waals surface area contributed by atoms with Gasteiger partial charge in [0.1, 0.15) is 23.8 Å². The van der Waals surface area contributed by atoms with Crippen molar-refractivity contribution in [1.29, 1.82) is 0 Å². The first-order chi connectivity index (χ1) is 21.2. The number of nitrogens with one attached hydrogen (secondary N) is 2. The van der Waals surface area contributed by atoms with Crippen LogP contribution in [-0.2, 0) is 9.53 Å². The summed E-state index contributed by atoms with van der Waals surface area (Å²) in [6, 6.07) is 17.1. The molecule has 44 heavy (non-hydrogen) atoms. The van der Waals surface area contributed by atoms with Crippen molar-refractivity contribution in [1.82, 2.24) is 14.9 Å². The Morgan fingerprint density at radius 3 is 2.55 bits per heavy atom. The molecule has 0 aliphatic carbocycles. The summed E-state index contributed by atoms with van der Waals surface area (Å²) in [7, 11) is 4.44. The van der Waals surface area contributed by atoms with E-state index < -0.39 is 11.0 Å². The van der Waals surface area contributed by atoms with Gasteiger partial charge in [0.05, 0.1) is 48.7 Å². The second kappa shape index (κ2) is 12.7. The van der Waals surface area contributed by atoms with Gasteiger partial charge in [0.15, 0.2) is 5.11 Å². The molecule has 1 aliphatic rings. The molecule has 0 radical (unpaired) electrons. The van der Waals surface area contributed by atoms with Gasteiger partial charge in [0.25, 0.3) is 5.69 Å². The van der Waals surface area contributed by atoms with Crippen molar-refractivity contribution in [2.75, 3.05) is 38.2 Å². The molecular formula is C31H32N6O6S. The molecule has 5 rings (SSSR count). The van der Waals surface area contributed by atoms with E-state index in [0.717, 1.165) is 22.6 Å². The number of carbonyl (C=O) groups is 1. The zero-order valence-corrected chi connectivity index (χ0v) is 25.7. The molecule has 2 aromatic carbocycles. The summed E-state index contributed by atoms with van der Waals surface area (Å²) in [5, 5.41) is 18.8. The lowest BCUT2D eigenvalue weighted by Crippen LogP contribution is -2.29. The lowest BCUT2D eigenvalue weighted by molar-refractivity contribution is -0.384. The molecule has 1 amide bonds. The number of aromatic nitrogens is 2. The first-order valence-corrected chi connectivity index (χ1v) is 14.1. The number of aryl methyl sites for hydroxylation is 1. The molecule has 4 aromatic rings. The number of ether oxygens (including phenoxy) is 3. The maximum atomic E-state index is 12.4. The lowest BCUT2D eigenvalue weighted by atomic mass is 9.96. The molecule has 3 heterocycles. The van der Waals surface area contributed by atoms with Crippen molar-refractivity contribution in [2.45, 2.75) is 25.9 Å². The summed E-state index contributed by atoms with van der Waals surface area (Å²) >= 11 is 5.91. The van der Waals surface area contributed by atoms with Crippen molar-refractivity contribution in [3.63, 3.8) is 0 Å². The number of thiocarbonyl (C=S) groups is 1. The van der Waals surface area contributed by atoms with Gasteiger partial charge in [0, 0.05) is 30.4 Å². The fraction of sp³-hybridized carbons (Fsp3) is 0.258. The summed E-state index contributed by atoms with van der Waals surface area (Å²) in [6.45, 7) is 3.71. The molecule has 0 bridgehead atoms. The number of hydrogen-bond donors (Lipinski definition) is 2. The van der Waals surface area contributed by atoms with Crippen LogP contribution in [0.3, 0.4) is 0 Å². The molecule has 13 heteroatoms. The summed E-state index contributed by atoms with van der Waals surface area (Å²) < 4.78 is 17.6. The number of carbonyl (C=O) groups excluding carboxylic acids is 1. The van der Waals surface area contributed by atoms with Crippen molar-refractivity contribution in [2.24, 2.45) is 0 Å². The number of pyridine rings is 1. The van der Waals surface area contributed by atoms with Crippen molar-refractivity contribution < 1.29 is 23.9 Å². The van der Waals surface area contributed by atoms with E-state index in [1.807, 2.05) is 53.6 Å². The first-order valence-electron chi connectivity index (χ1n) is 13.7. The minimum absolute atomic E-state index is 0.0810. The zero-order chi connectivity index (χ0) is 31.5. The third kappa shape index (κ3) is 5.66. The van der Waals surface area contributed by atoms with Gasteiger partial charge < -0.3 is 34.3 Å². The van der Waals surface area contributed by atoms with E-state index in [4.69, 9.17) is 26.4 Å². The Bertz CT molecular complexity index is 1730. The molecule has 1 aliphatic heterocycles. The standard InChI is InChI=1S/C31H32N6O6S/c1-18-14-22(19(2)35(18)25-11-10-21(42-4)16-26(25)37(39)40)30-29(23-8-6-7-13-32-23)34-31(44)36(30)20-9-12-27(43-5)24(15-20)33-28(38)17-41-3/h6-16,29-30H,17H2,1-5H3,(H,33,38)(H,34,44). The number of anilines is 2. The van der Waals surface area contributed by atoms with Crippen LogP contribution in [0.25, 0.3) is 5.69 Å². The van der Waals surface area contributed by atoms with Crippen LogP contribution in [0.2, 0.25) is 0 Å². The van der Waals surface area contributed by atoms with Gasteiger partial charge in [-0.2, -0.15) is 0 Å². The average molecular weight is 617 g/mol. The number of nitro groups is 1. The predicted octanol–water partition coefficient (Wildman–Crippen LogP) is 5.18. The summed E-state index contributed by atoms with van der Waals surface area (Å²) in [5.74, 6) is 0.527. The molecular weight excluding hydrogens is 584 g/mol. The van der Waals surface area contributed by atoms with E-state index >= 15 is 0 Å². The molecule has 12 nitrogen and oxygen atoms in total. The SMILES string of the molecule is COCC(=O)Nc1cc(N2C(=S)NC(c3ccccn3)C2c2cc(C)n(-c3ccc(OC)cc3[N+](=O)[O-])c2C)ccc1OC. The van der Waals surface area contributed by atoms with Crippen LogP contribution >= 0.6 is 12.2 Å². The van der Waals surface area contributed by atoms with Gasteiger partial charge in [-0.15, -0.1) is 0 Å². The van der Waals surface area contributed by atoms with Crippen LogP contribution in [0.15, 0.2) is 66.9 Å². The third-order valence-corrected chi connectivity index (χ3v) is 7.83. The topological polar surface area (TPSA) is 133 Å². The van der Waals surface area contributed by atoms with E-state index in [0.29, 0.717) is 33.7 Å². The fourth-order valence-electron chi connectivity index (χ4n) is 5.63. The van der Waals surface area contributed by atoms with Crippen molar-refractivity contribution in [3.8, 4) is 17.2 Å². The number of nitro benzene ring substituents is 1. The van der Waals surface area contributed by atoms with Gasteiger partial charge >= 0.3 is 0 Å². The highest BCUT2D eigenvalue weighted by Crippen LogP contribution is 2.45. The highest BCUT2D eigenvalue weighted by molar-refractivity contribution is 7.80. The molecule has 228 valence electrons.